The number of aliphatic hydroxyl groups excluding tert-OH is 3. The number of carbonyl (C=O) groups excluding carboxylic acids is 11. The van der Waals surface area contributed by atoms with E-state index in [1.807, 2.05) is 32.1 Å². The van der Waals surface area contributed by atoms with Gasteiger partial charge in [-0.15, -0.1) is 0 Å². The lowest BCUT2D eigenvalue weighted by molar-refractivity contribution is -0.146. The number of carbonyl (C=O) groups is 11. The first-order chi connectivity index (χ1) is 46.2. The maximum absolute atomic E-state index is 15.4. The van der Waals surface area contributed by atoms with Gasteiger partial charge in [-0.25, -0.2) is 0 Å². The lowest BCUT2D eigenvalue weighted by Crippen LogP contribution is -2.63. The third-order valence-electron chi connectivity index (χ3n) is 18.5. The fraction of sp³-hybridized carbons (Fsp3) is 0.620. The van der Waals surface area contributed by atoms with Crippen LogP contribution in [-0.4, -0.2) is 250 Å². The molecule has 11 amide bonds. The molecule has 5 rings (SSSR count). The maximum Gasteiger partial charge on any atom is 0.246 e. The minimum absolute atomic E-state index is 0.0313. The average Bonchev–Trinajstić information content (AvgIpc) is 0.837. The molecule has 0 aromatic heterocycles. The van der Waals surface area contributed by atoms with Gasteiger partial charge in [0.15, 0.2) is 0 Å². The second kappa shape index (κ2) is 38.3. The lowest BCUT2D eigenvalue weighted by atomic mass is 9.92. The number of likely N-dealkylation sites (N-methyl/N-ethyl adjacent to an activating group) is 5. The van der Waals surface area contributed by atoms with Crippen LogP contribution >= 0.6 is 0 Å². The number of hydrogen-bond donors (Lipinski definition) is 10. The summed E-state index contributed by atoms with van der Waals surface area (Å²) in [5.74, 6) is -10.00. The number of amides is 11. The molecule has 1 aliphatic carbocycles. The van der Waals surface area contributed by atoms with E-state index in [1.54, 1.807) is 106 Å². The minimum Gasteiger partial charge on any atom is -0.391 e. The van der Waals surface area contributed by atoms with Crippen LogP contribution in [0.25, 0.3) is 0 Å². The molecule has 98 heavy (non-hydrogen) atoms. The van der Waals surface area contributed by atoms with Crippen LogP contribution < -0.4 is 37.2 Å². The van der Waals surface area contributed by atoms with Crippen molar-refractivity contribution in [2.24, 2.45) is 23.7 Å². The predicted molar refractivity (Wildman–Crippen MR) is 369 cm³/mol. The van der Waals surface area contributed by atoms with Gasteiger partial charge < -0.3 is 71.7 Å². The summed E-state index contributed by atoms with van der Waals surface area (Å²) in [5.41, 5.74) is 1.27. The summed E-state index contributed by atoms with van der Waals surface area (Å²) >= 11 is 0. The van der Waals surface area contributed by atoms with Crippen molar-refractivity contribution in [1.29, 1.82) is 0 Å². The summed E-state index contributed by atoms with van der Waals surface area (Å²) in [6, 6.07) is 4.08. The van der Waals surface area contributed by atoms with E-state index in [0.717, 1.165) is 34.0 Å². The third kappa shape index (κ3) is 23.3. The van der Waals surface area contributed by atoms with Gasteiger partial charge in [0.2, 0.25) is 65.0 Å². The highest BCUT2D eigenvalue weighted by Gasteiger charge is 2.42. The quantitative estimate of drug-likeness (QED) is 0.110. The van der Waals surface area contributed by atoms with Gasteiger partial charge in [-0.05, 0) is 101 Å². The summed E-state index contributed by atoms with van der Waals surface area (Å²) in [5, 5.41) is 54.4. The number of β-amino-alcohol motifs (C(OH)–C–C–N with tert-alkyl or cyclic N) is 1. The molecule has 10 N–H and O–H groups in total. The van der Waals surface area contributed by atoms with E-state index in [4.69, 9.17) is 0 Å². The first-order valence-corrected chi connectivity index (χ1v) is 34.3. The monoisotopic (exact) mass is 1370 g/mol. The largest absolute Gasteiger partial charge is 0.391 e. The number of hydrogen-bond acceptors (Lipinski definition) is 16. The number of benzene rings is 2. The molecule has 2 saturated heterocycles. The Morgan fingerprint density at radius 3 is 1.89 bits per heavy atom. The second-order valence-corrected chi connectivity index (χ2v) is 27.6. The van der Waals surface area contributed by atoms with Crippen LogP contribution in [-0.2, 0) is 65.6 Å². The lowest BCUT2D eigenvalue weighted by Gasteiger charge is -2.39. The molecule has 14 atom stereocenters. The zero-order valence-corrected chi connectivity index (χ0v) is 59.6. The molecule has 0 saturated carbocycles. The van der Waals surface area contributed by atoms with Gasteiger partial charge in [0.25, 0.3) is 0 Å². The van der Waals surface area contributed by atoms with E-state index in [-0.39, 0.29) is 43.4 Å². The van der Waals surface area contributed by atoms with Crippen molar-refractivity contribution in [3.8, 4) is 0 Å². The Balaban J connectivity index is 1.60. The molecule has 0 radical (unpaired) electrons. The van der Waals surface area contributed by atoms with Gasteiger partial charge in [-0.3, -0.25) is 63.0 Å². The highest BCUT2D eigenvalue weighted by Crippen LogP contribution is 2.23. The third-order valence-corrected chi connectivity index (χ3v) is 18.5. The standard InChI is InChI=1S/C71H109N13O14/c1-42(2)35-53-66(93)78-60(47(9)85)71(98)82(13)54(37-49-29-21-16-22-30-49)64(91)72-40-57(87)79(10)41-58(88)83(14)61(44(5)6)67(94)75-51(36-48-27-19-15-20-28-48)63(90)76-52(39-56(86)73-45(7)62(89)77-59(43(3)4)70(97)81(53)12)69(96)80(11)55(38-50-31-23-17-24-32-50)65(92)74-46(8)68(95)84-33-25-18-26-34-84/h15-17,19-24,27,29-32,42-48,51-55,58-61,66,78,85,88,93H,18,25-26,28,33-41H2,1-14H3,(H,72,91)(H,73,86)(H,74,92)(H,75,94)(H,76,90)(H,77,89)/t45-,46+,47-,48?,51+,52+,53+,54+,55+,58?,59+,60+,61+,66?/m1/s1. The molecule has 2 fully saturated rings. The summed E-state index contributed by atoms with van der Waals surface area (Å²) in [7, 11) is 6.92. The van der Waals surface area contributed by atoms with Crippen molar-refractivity contribution in [1.82, 2.24) is 66.6 Å². The summed E-state index contributed by atoms with van der Waals surface area (Å²) in [6.07, 6.45) is 4.76. The number of aliphatic hydroxyl groups is 3. The highest BCUT2D eigenvalue weighted by molar-refractivity contribution is 5.99. The van der Waals surface area contributed by atoms with Crippen LogP contribution in [0.4, 0.5) is 0 Å². The van der Waals surface area contributed by atoms with Crippen molar-refractivity contribution in [3.05, 3.63) is 96.1 Å². The Bertz CT molecular complexity index is 3090. The van der Waals surface area contributed by atoms with Crippen LogP contribution in [0.15, 0.2) is 85.0 Å². The van der Waals surface area contributed by atoms with Crippen LogP contribution in [0.1, 0.15) is 118 Å². The fourth-order valence-electron chi connectivity index (χ4n) is 12.5. The smallest absolute Gasteiger partial charge is 0.246 e. The molecule has 3 unspecified atom stereocenters. The van der Waals surface area contributed by atoms with Crippen molar-refractivity contribution >= 4 is 65.0 Å². The molecule has 542 valence electrons. The molecule has 27 nitrogen and oxygen atoms in total. The van der Waals surface area contributed by atoms with E-state index in [9.17, 15) is 58.5 Å². The van der Waals surface area contributed by atoms with E-state index in [0.29, 0.717) is 30.6 Å². The molecular weight excluding hydrogens is 1260 g/mol. The van der Waals surface area contributed by atoms with E-state index in [1.165, 1.54) is 58.9 Å². The van der Waals surface area contributed by atoms with Gasteiger partial charge in [0.05, 0.1) is 37.7 Å². The number of allylic oxidation sites excluding steroid dienone is 4. The zero-order chi connectivity index (χ0) is 72.8. The number of piperidine rings is 1. The summed E-state index contributed by atoms with van der Waals surface area (Å²) in [4.78, 5) is 168. The zero-order valence-electron chi connectivity index (χ0n) is 59.6. The highest BCUT2D eigenvalue weighted by atomic mass is 16.3. The van der Waals surface area contributed by atoms with Gasteiger partial charge >= 0.3 is 0 Å². The van der Waals surface area contributed by atoms with Gasteiger partial charge in [-0.2, -0.15) is 0 Å². The van der Waals surface area contributed by atoms with Crippen molar-refractivity contribution in [2.45, 2.75) is 199 Å². The molecule has 0 bridgehead atoms. The minimum atomic E-state index is -1.80. The molecule has 2 heterocycles. The Kier molecular flexibility index (Phi) is 31.5. The number of nitrogens with zero attached hydrogens (tertiary/aromatic N) is 6. The van der Waals surface area contributed by atoms with Crippen molar-refractivity contribution < 1.29 is 68.1 Å². The topological polar surface area (TPSA) is 352 Å². The molecule has 3 aliphatic rings. The number of nitrogens with one attached hydrogen (secondary N) is 7. The molecular formula is C71H109N13O14. The number of likely N-dealkylation sites (tertiary alicyclic amines) is 1. The van der Waals surface area contributed by atoms with Gasteiger partial charge in [0, 0.05) is 54.1 Å². The second-order valence-electron chi connectivity index (χ2n) is 27.6. The Hall–Kier alpha value is -8.11. The van der Waals surface area contributed by atoms with E-state index < -0.39 is 169 Å². The van der Waals surface area contributed by atoms with E-state index >= 15 is 9.59 Å². The van der Waals surface area contributed by atoms with Crippen molar-refractivity contribution in [3.63, 3.8) is 0 Å². The SMILES string of the molecule is CC(C)C[C@H]1C(O)N[C@@H]([C@@H](C)O)C(=O)N(C)[C@@H](Cc2ccccc2)C(=O)NCC(=O)N(C)CC(O)N(C)[C@@H](C(C)C)C(=O)N[C@@H](CC2C=CC=CC2)C(=O)N[C@H](C(=O)N(C)[C@@H](Cc2ccccc2)C(=O)N[C@@H](C)C(=O)N2CCCCC2)CC(=O)N[C@H](C)C(=O)N[C@@H](C(C)C)C(=O)N1C. The fourth-order valence-corrected chi connectivity index (χ4v) is 12.5. The first kappa shape index (κ1) is 80.6. The first-order valence-electron chi connectivity index (χ1n) is 34.3. The van der Waals surface area contributed by atoms with Crippen molar-refractivity contribution in [2.75, 3.05) is 61.4 Å². The Morgan fingerprint density at radius 2 is 1.32 bits per heavy atom. The Labute approximate surface area is 577 Å². The summed E-state index contributed by atoms with van der Waals surface area (Å²) in [6.45, 7) is 14.7. The molecule has 0 spiro atoms. The molecule has 2 aromatic rings. The van der Waals surface area contributed by atoms with E-state index in [2.05, 4.69) is 37.2 Å². The van der Waals surface area contributed by atoms with Crippen LogP contribution in [0.3, 0.4) is 0 Å². The Morgan fingerprint density at radius 1 is 0.704 bits per heavy atom. The summed E-state index contributed by atoms with van der Waals surface area (Å²) < 4.78 is 0. The molecule has 27 heteroatoms. The van der Waals surface area contributed by atoms with Gasteiger partial charge in [-0.1, -0.05) is 127 Å². The van der Waals surface area contributed by atoms with Crippen LogP contribution in [0.2, 0.25) is 0 Å². The average molecular weight is 1370 g/mol. The van der Waals surface area contributed by atoms with Crippen LogP contribution in [0.5, 0.6) is 0 Å². The van der Waals surface area contributed by atoms with Crippen LogP contribution in [0, 0.1) is 23.7 Å². The molecule has 2 aliphatic heterocycles. The molecule has 2 aromatic carbocycles. The normalized spacial score (nSPS) is 26.7. The number of rotatable bonds is 16. The van der Waals surface area contributed by atoms with Gasteiger partial charge in [0.1, 0.15) is 60.8 Å². The predicted octanol–water partition coefficient (Wildman–Crippen LogP) is 0.564. The maximum atomic E-state index is 15.4.